The first kappa shape index (κ1) is 10.2. The van der Waals surface area contributed by atoms with Crippen LogP contribution in [-0.2, 0) is 0 Å². The number of hydrogen-bond donors (Lipinski definition) is 0. The van der Waals surface area contributed by atoms with Gasteiger partial charge in [-0.2, -0.15) is 0 Å². The lowest BCUT2D eigenvalue weighted by molar-refractivity contribution is -0.591. The molecule has 1 aromatic heterocycles. The second kappa shape index (κ2) is 4.45. The van der Waals surface area contributed by atoms with Gasteiger partial charge in [0.15, 0.2) is 3.57 Å². The van der Waals surface area contributed by atoms with Crippen LogP contribution >= 0.6 is 11.3 Å². The van der Waals surface area contributed by atoms with Gasteiger partial charge in [0.1, 0.15) is 0 Å². The maximum absolute atomic E-state index is 2.27. The Kier molecular flexibility index (Phi) is 3.23. The summed E-state index contributed by atoms with van der Waals surface area (Å²) in [5.74, 6) is 0. The van der Waals surface area contributed by atoms with E-state index in [1.165, 1.54) is 14.0 Å². The smallest absolute Gasteiger partial charge is 0.0930 e. The predicted octanol–water partition coefficient (Wildman–Crippen LogP) is 0.493. The Hall–Kier alpha value is -0.350. The Morgan fingerprint density at radius 2 is 1.64 bits per heavy atom. The average molecular weight is 315 g/mol. The molecule has 0 nitrogen and oxygen atoms in total. The standard InChI is InChI=1S/C12H12IS/c1-9-3-6-11(7-4-9)13-12-8-5-10(2)14-12/h3-8H,1-2H3/q+1. The van der Waals surface area contributed by atoms with Gasteiger partial charge >= 0.3 is 21.2 Å². The second-order valence-corrected chi connectivity index (χ2v) is 8.21. The molecule has 0 saturated heterocycles. The molecule has 0 atom stereocenters. The van der Waals surface area contributed by atoms with Crippen LogP contribution in [-0.4, -0.2) is 0 Å². The molecule has 2 rings (SSSR count). The fourth-order valence-corrected chi connectivity index (χ4v) is 5.44. The maximum Gasteiger partial charge on any atom is 0.369 e. The van der Waals surface area contributed by atoms with Crippen molar-refractivity contribution in [3.05, 3.63) is 53.3 Å². The van der Waals surface area contributed by atoms with Gasteiger partial charge in [-0.3, -0.25) is 0 Å². The zero-order valence-electron chi connectivity index (χ0n) is 8.25. The van der Waals surface area contributed by atoms with Crippen LogP contribution in [0.15, 0.2) is 36.4 Å². The lowest BCUT2D eigenvalue weighted by Crippen LogP contribution is -3.61. The minimum atomic E-state index is 0.0553. The largest absolute Gasteiger partial charge is 0.369 e. The zero-order valence-corrected chi connectivity index (χ0v) is 11.2. The van der Waals surface area contributed by atoms with Gasteiger partial charge in [0, 0.05) is 10.9 Å². The Bertz CT molecular complexity index is 414. The van der Waals surface area contributed by atoms with Crippen LogP contribution in [0.2, 0.25) is 0 Å². The monoisotopic (exact) mass is 315 g/mol. The van der Waals surface area contributed by atoms with E-state index in [0.717, 1.165) is 0 Å². The van der Waals surface area contributed by atoms with E-state index in [1.807, 2.05) is 11.3 Å². The molecule has 0 radical (unpaired) electrons. The molecule has 14 heavy (non-hydrogen) atoms. The van der Waals surface area contributed by atoms with Gasteiger partial charge in [0.2, 0.25) is 2.88 Å². The van der Waals surface area contributed by atoms with Crippen molar-refractivity contribution in [2.75, 3.05) is 0 Å². The third-order valence-electron chi connectivity index (χ3n) is 1.92. The first-order valence-corrected chi connectivity index (χ1v) is 7.49. The molecular weight excluding hydrogens is 303 g/mol. The maximum atomic E-state index is 2.27. The van der Waals surface area contributed by atoms with Crippen molar-refractivity contribution in [2.45, 2.75) is 13.8 Å². The Balaban J connectivity index is 2.15. The number of hydrogen-bond acceptors (Lipinski definition) is 1. The van der Waals surface area contributed by atoms with Crippen LogP contribution in [0.4, 0.5) is 0 Å². The summed E-state index contributed by atoms with van der Waals surface area (Å²) < 4.78 is 3.07. The fraction of sp³-hybridized carbons (Fsp3) is 0.167. The van der Waals surface area contributed by atoms with Crippen LogP contribution in [0.5, 0.6) is 0 Å². The van der Waals surface area contributed by atoms with Crippen LogP contribution in [0.1, 0.15) is 10.4 Å². The van der Waals surface area contributed by atoms with Crippen molar-refractivity contribution in [1.29, 1.82) is 0 Å². The topological polar surface area (TPSA) is 0 Å². The summed E-state index contributed by atoms with van der Waals surface area (Å²) in [6.07, 6.45) is 0. The van der Waals surface area contributed by atoms with Gasteiger partial charge in [-0.25, -0.2) is 0 Å². The third-order valence-corrected chi connectivity index (χ3v) is 6.12. The third kappa shape index (κ3) is 2.58. The minimum Gasteiger partial charge on any atom is -0.0930 e. The Labute approximate surface area is 99.2 Å². The summed E-state index contributed by atoms with van der Waals surface area (Å²) in [4.78, 5) is 1.42. The summed E-state index contributed by atoms with van der Waals surface area (Å²) in [7, 11) is 0. The molecule has 1 heterocycles. The van der Waals surface area contributed by atoms with E-state index >= 15 is 0 Å². The molecule has 0 aliphatic carbocycles. The number of halogens is 1. The summed E-state index contributed by atoms with van der Waals surface area (Å²) in [6, 6.07) is 13.4. The number of benzene rings is 1. The summed E-state index contributed by atoms with van der Waals surface area (Å²) in [5, 5.41) is 0. The first-order chi connectivity index (χ1) is 6.74. The molecule has 72 valence electrons. The van der Waals surface area contributed by atoms with E-state index in [-0.39, 0.29) is 21.2 Å². The van der Waals surface area contributed by atoms with Crippen molar-refractivity contribution in [1.82, 2.24) is 0 Å². The van der Waals surface area contributed by atoms with Crippen LogP contribution < -0.4 is 21.2 Å². The van der Waals surface area contributed by atoms with Crippen LogP contribution in [0.3, 0.4) is 0 Å². The van der Waals surface area contributed by atoms with E-state index in [2.05, 4.69) is 50.2 Å². The van der Waals surface area contributed by atoms with E-state index < -0.39 is 0 Å². The normalized spacial score (nSPS) is 10.4. The molecule has 1 aromatic carbocycles. The molecule has 2 heteroatoms. The van der Waals surface area contributed by atoms with Gasteiger partial charge in [-0.1, -0.05) is 29.0 Å². The Morgan fingerprint density at radius 1 is 0.929 bits per heavy atom. The molecule has 0 unspecified atom stereocenters. The van der Waals surface area contributed by atoms with Gasteiger partial charge < -0.3 is 0 Å². The molecule has 0 aliphatic rings. The van der Waals surface area contributed by atoms with Crippen molar-refractivity contribution in [3.8, 4) is 0 Å². The van der Waals surface area contributed by atoms with E-state index in [4.69, 9.17) is 0 Å². The highest BCUT2D eigenvalue weighted by atomic mass is 127. The van der Waals surface area contributed by atoms with Crippen molar-refractivity contribution < 1.29 is 21.2 Å². The lowest BCUT2D eigenvalue weighted by Gasteiger charge is -1.87. The molecular formula is C12H12IS+. The van der Waals surface area contributed by atoms with Crippen LogP contribution in [0.25, 0.3) is 0 Å². The SMILES string of the molecule is Cc1ccc([I+]c2ccc(C)s2)cc1. The van der Waals surface area contributed by atoms with Crippen LogP contribution in [0, 0.1) is 20.3 Å². The van der Waals surface area contributed by atoms with Gasteiger partial charge in [-0.15, -0.1) is 0 Å². The molecule has 0 N–H and O–H groups in total. The Morgan fingerprint density at radius 3 is 2.21 bits per heavy atom. The molecule has 0 amide bonds. The lowest BCUT2D eigenvalue weighted by atomic mass is 10.2. The highest BCUT2D eigenvalue weighted by Crippen LogP contribution is 2.05. The highest BCUT2D eigenvalue weighted by molar-refractivity contribution is 7.09. The van der Waals surface area contributed by atoms with Crippen molar-refractivity contribution in [3.63, 3.8) is 0 Å². The summed E-state index contributed by atoms with van der Waals surface area (Å²) in [6.45, 7) is 4.31. The van der Waals surface area contributed by atoms with E-state index in [9.17, 15) is 0 Å². The minimum absolute atomic E-state index is 0.0553. The molecule has 2 aromatic rings. The predicted molar refractivity (Wildman–Crippen MR) is 57.6 cm³/mol. The number of aryl methyl sites for hydroxylation is 2. The average Bonchev–Trinajstić information content (AvgIpc) is 2.56. The number of thiophene rings is 1. The molecule has 0 spiro atoms. The quantitative estimate of drug-likeness (QED) is 0.708. The molecule has 0 fully saturated rings. The molecule has 0 aliphatic heterocycles. The molecule has 0 saturated carbocycles. The fourth-order valence-electron chi connectivity index (χ4n) is 1.16. The number of rotatable bonds is 2. The second-order valence-electron chi connectivity index (χ2n) is 3.24. The summed E-state index contributed by atoms with van der Waals surface area (Å²) in [5.41, 5.74) is 1.35. The zero-order chi connectivity index (χ0) is 9.97. The summed E-state index contributed by atoms with van der Waals surface area (Å²) >= 11 is 1.99. The van der Waals surface area contributed by atoms with Crippen molar-refractivity contribution >= 4 is 11.3 Å². The first-order valence-electron chi connectivity index (χ1n) is 4.52. The van der Waals surface area contributed by atoms with E-state index in [0.29, 0.717) is 0 Å². The highest BCUT2D eigenvalue weighted by Gasteiger charge is 2.16. The van der Waals surface area contributed by atoms with Crippen molar-refractivity contribution in [2.24, 2.45) is 0 Å². The van der Waals surface area contributed by atoms with Gasteiger partial charge in [-0.05, 0) is 32.0 Å². The van der Waals surface area contributed by atoms with E-state index in [1.54, 1.807) is 2.88 Å². The van der Waals surface area contributed by atoms with Gasteiger partial charge in [0.05, 0.1) is 0 Å². The van der Waals surface area contributed by atoms with Gasteiger partial charge in [0.25, 0.3) is 0 Å². The molecule has 0 bridgehead atoms.